The van der Waals surface area contributed by atoms with E-state index < -0.39 is 0 Å². The van der Waals surface area contributed by atoms with Gasteiger partial charge in [-0.05, 0) is 42.3 Å². The molecule has 0 bridgehead atoms. The summed E-state index contributed by atoms with van der Waals surface area (Å²) < 4.78 is 0. The normalized spacial score (nSPS) is 10.3. The smallest absolute Gasteiger partial charge is 0.253 e. The van der Waals surface area contributed by atoms with Gasteiger partial charge in [-0.25, -0.2) is 0 Å². The van der Waals surface area contributed by atoms with Crippen molar-refractivity contribution in [1.29, 1.82) is 0 Å². The van der Waals surface area contributed by atoms with Gasteiger partial charge in [-0.2, -0.15) is 0 Å². The van der Waals surface area contributed by atoms with Crippen molar-refractivity contribution in [3.05, 3.63) is 58.9 Å². The number of aromatic nitrogens is 1. The number of hydrogen-bond acceptors (Lipinski definition) is 3. The molecule has 1 aromatic carbocycles. The molecule has 1 N–H and O–H groups in total. The number of phenolic OH excluding ortho intramolecular Hbond substituents is 1. The number of carbonyl (C=O) groups excluding carboxylic acids is 1. The topological polar surface area (TPSA) is 53.4 Å². The minimum atomic E-state index is -0.124. The second kappa shape index (κ2) is 6.39. The van der Waals surface area contributed by atoms with Crippen LogP contribution in [-0.4, -0.2) is 34.5 Å². The molecule has 0 fully saturated rings. The molecular formula is C15H15ClN2O2. The van der Waals surface area contributed by atoms with Crippen molar-refractivity contribution in [3.8, 4) is 5.75 Å². The molecule has 2 aromatic rings. The van der Waals surface area contributed by atoms with Gasteiger partial charge in [0.2, 0.25) is 0 Å². The molecule has 0 saturated carbocycles. The lowest BCUT2D eigenvalue weighted by molar-refractivity contribution is 0.0796. The van der Waals surface area contributed by atoms with Gasteiger partial charge in [0.15, 0.2) is 0 Å². The Morgan fingerprint density at radius 3 is 2.65 bits per heavy atom. The first-order valence-corrected chi connectivity index (χ1v) is 6.58. The van der Waals surface area contributed by atoms with Crippen LogP contribution in [0.5, 0.6) is 5.75 Å². The fourth-order valence-electron chi connectivity index (χ4n) is 1.81. The number of likely N-dealkylation sites (N-methyl/N-ethyl adjacent to an activating group) is 1. The summed E-state index contributed by atoms with van der Waals surface area (Å²) in [4.78, 5) is 17.8. The second-order valence-corrected chi connectivity index (χ2v) is 4.91. The highest BCUT2D eigenvalue weighted by Gasteiger charge is 2.13. The van der Waals surface area contributed by atoms with Gasteiger partial charge >= 0.3 is 0 Å². The summed E-state index contributed by atoms with van der Waals surface area (Å²) in [6.45, 7) is 0.599. The van der Waals surface area contributed by atoms with Gasteiger partial charge < -0.3 is 10.0 Å². The Morgan fingerprint density at radius 1 is 1.30 bits per heavy atom. The maximum Gasteiger partial charge on any atom is 0.253 e. The van der Waals surface area contributed by atoms with Crippen LogP contribution in [0.3, 0.4) is 0 Å². The Hall–Kier alpha value is -2.07. The lowest BCUT2D eigenvalue weighted by atomic mass is 10.1. The lowest BCUT2D eigenvalue weighted by Gasteiger charge is -2.17. The van der Waals surface area contributed by atoms with Crippen LogP contribution in [0.4, 0.5) is 0 Å². The maximum atomic E-state index is 12.2. The Bertz CT molecular complexity index is 602. The van der Waals surface area contributed by atoms with Crippen molar-refractivity contribution in [1.82, 2.24) is 9.88 Å². The predicted molar refractivity (Wildman–Crippen MR) is 78.0 cm³/mol. The number of pyridine rings is 1. The van der Waals surface area contributed by atoms with E-state index in [1.54, 1.807) is 30.4 Å². The van der Waals surface area contributed by atoms with Crippen LogP contribution in [0, 0.1) is 0 Å². The summed E-state index contributed by atoms with van der Waals surface area (Å²) in [7, 11) is 1.74. The van der Waals surface area contributed by atoms with Gasteiger partial charge in [0.1, 0.15) is 5.75 Å². The molecule has 4 nitrogen and oxygen atoms in total. The number of hydrogen-bond donors (Lipinski definition) is 1. The van der Waals surface area contributed by atoms with Crippen LogP contribution in [0.25, 0.3) is 0 Å². The fraction of sp³-hybridized carbons (Fsp3) is 0.200. The number of benzene rings is 1. The molecule has 1 aromatic heterocycles. The zero-order valence-corrected chi connectivity index (χ0v) is 11.8. The van der Waals surface area contributed by atoms with Gasteiger partial charge in [-0.1, -0.05) is 11.6 Å². The Morgan fingerprint density at radius 2 is 2.00 bits per heavy atom. The number of phenols is 1. The van der Waals surface area contributed by atoms with E-state index >= 15 is 0 Å². The summed E-state index contributed by atoms with van der Waals surface area (Å²) in [5, 5.41) is 9.53. The number of halogens is 1. The molecule has 1 heterocycles. The van der Waals surface area contributed by atoms with Crippen LogP contribution in [0.1, 0.15) is 15.9 Å². The number of aromatic hydroxyl groups is 1. The van der Waals surface area contributed by atoms with E-state index in [9.17, 15) is 9.90 Å². The highest BCUT2D eigenvalue weighted by Crippen LogP contribution is 2.24. The van der Waals surface area contributed by atoms with Crippen molar-refractivity contribution in [3.63, 3.8) is 0 Å². The van der Waals surface area contributed by atoms with Gasteiger partial charge in [0, 0.05) is 31.5 Å². The van der Waals surface area contributed by atoms with Crippen molar-refractivity contribution in [2.45, 2.75) is 6.42 Å². The number of carbonyl (C=O) groups is 1. The van der Waals surface area contributed by atoms with E-state index in [0.717, 1.165) is 12.0 Å². The predicted octanol–water partition coefficient (Wildman–Crippen LogP) is 2.76. The van der Waals surface area contributed by atoms with E-state index in [1.165, 1.54) is 12.1 Å². The Labute approximate surface area is 122 Å². The molecule has 0 aliphatic heterocycles. The number of amides is 1. The zero-order valence-electron chi connectivity index (χ0n) is 11.1. The van der Waals surface area contributed by atoms with E-state index in [4.69, 9.17) is 11.6 Å². The van der Waals surface area contributed by atoms with E-state index in [0.29, 0.717) is 12.1 Å². The largest absolute Gasteiger partial charge is 0.506 e. The van der Waals surface area contributed by atoms with E-state index in [1.807, 2.05) is 12.1 Å². The first-order chi connectivity index (χ1) is 9.58. The summed E-state index contributed by atoms with van der Waals surface area (Å²) in [6, 6.07) is 8.31. The minimum absolute atomic E-state index is 0.0253. The quantitative estimate of drug-likeness (QED) is 0.942. The zero-order chi connectivity index (χ0) is 14.5. The highest BCUT2D eigenvalue weighted by atomic mass is 35.5. The first-order valence-electron chi connectivity index (χ1n) is 6.21. The summed E-state index contributed by atoms with van der Waals surface area (Å²) in [5.41, 5.74) is 1.59. The van der Waals surface area contributed by atoms with Crippen molar-refractivity contribution < 1.29 is 9.90 Å². The Kier molecular flexibility index (Phi) is 4.58. The third kappa shape index (κ3) is 3.48. The molecule has 20 heavy (non-hydrogen) atoms. The molecule has 0 aliphatic rings. The molecule has 0 radical (unpaired) electrons. The SMILES string of the molecule is CN(CCc1ccncc1)C(=O)c1ccc(O)c(Cl)c1. The van der Waals surface area contributed by atoms with Crippen LogP contribution in [-0.2, 0) is 6.42 Å². The van der Waals surface area contributed by atoms with Crippen molar-refractivity contribution >= 4 is 17.5 Å². The minimum Gasteiger partial charge on any atom is -0.506 e. The molecule has 0 spiro atoms. The third-order valence-electron chi connectivity index (χ3n) is 3.03. The maximum absolute atomic E-state index is 12.2. The van der Waals surface area contributed by atoms with Crippen LogP contribution in [0.15, 0.2) is 42.7 Å². The highest BCUT2D eigenvalue weighted by molar-refractivity contribution is 6.32. The molecule has 1 amide bonds. The summed E-state index contributed by atoms with van der Waals surface area (Å²) in [5.74, 6) is -0.149. The van der Waals surface area contributed by atoms with Gasteiger partial charge in [-0.3, -0.25) is 9.78 Å². The standard InChI is InChI=1S/C15H15ClN2O2/c1-18(9-6-11-4-7-17-8-5-11)15(20)12-2-3-14(19)13(16)10-12/h2-5,7-8,10,19H,6,9H2,1H3. The van der Waals surface area contributed by atoms with Gasteiger partial charge in [-0.15, -0.1) is 0 Å². The first kappa shape index (κ1) is 14.3. The van der Waals surface area contributed by atoms with Crippen LogP contribution >= 0.6 is 11.6 Å². The van der Waals surface area contributed by atoms with Gasteiger partial charge in [0.05, 0.1) is 5.02 Å². The average molecular weight is 291 g/mol. The third-order valence-corrected chi connectivity index (χ3v) is 3.33. The molecule has 0 aliphatic carbocycles. The molecule has 5 heteroatoms. The molecular weight excluding hydrogens is 276 g/mol. The summed E-state index contributed by atoms with van der Waals surface area (Å²) in [6.07, 6.45) is 4.23. The molecule has 104 valence electrons. The molecule has 0 atom stereocenters. The fourth-order valence-corrected chi connectivity index (χ4v) is 1.99. The molecule has 2 rings (SSSR count). The Balaban J connectivity index is 1.99. The van der Waals surface area contributed by atoms with Crippen LogP contribution < -0.4 is 0 Å². The van der Waals surface area contributed by atoms with Crippen molar-refractivity contribution in [2.24, 2.45) is 0 Å². The number of nitrogens with zero attached hydrogens (tertiary/aromatic N) is 2. The number of rotatable bonds is 4. The molecule has 0 saturated heterocycles. The van der Waals surface area contributed by atoms with Crippen molar-refractivity contribution in [2.75, 3.05) is 13.6 Å². The second-order valence-electron chi connectivity index (χ2n) is 4.50. The lowest BCUT2D eigenvalue weighted by Crippen LogP contribution is -2.28. The molecule has 0 unspecified atom stereocenters. The van der Waals surface area contributed by atoms with E-state index in [-0.39, 0.29) is 16.7 Å². The van der Waals surface area contributed by atoms with Gasteiger partial charge in [0.25, 0.3) is 5.91 Å². The summed E-state index contributed by atoms with van der Waals surface area (Å²) >= 11 is 5.81. The van der Waals surface area contributed by atoms with E-state index in [2.05, 4.69) is 4.98 Å². The average Bonchev–Trinajstić information content (AvgIpc) is 2.48. The monoisotopic (exact) mass is 290 g/mol. The van der Waals surface area contributed by atoms with Crippen LogP contribution in [0.2, 0.25) is 5.02 Å².